The maximum atomic E-state index is 12.7. The van der Waals surface area contributed by atoms with Crippen LogP contribution in [0.5, 0.6) is 0 Å². The summed E-state index contributed by atoms with van der Waals surface area (Å²) in [5, 5.41) is 0. The van der Waals surface area contributed by atoms with Gasteiger partial charge in [0.15, 0.2) is 0 Å². The molecule has 1 amide bonds. The van der Waals surface area contributed by atoms with E-state index in [0.717, 1.165) is 29.0 Å². The molecule has 0 saturated carbocycles. The molecule has 0 N–H and O–H groups in total. The van der Waals surface area contributed by atoms with Crippen molar-refractivity contribution in [1.82, 2.24) is 9.21 Å². The molecular weight excluding hydrogens is 424 g/mol. The Labute approximate surface area is 173 Å². The highest BCUT2D eigenvalue weighted by Gasteiger charge is 2.27. The Morgan fingerprint density at radius 3 is 2.44 bits per heavy atom. The Kier molecular flexibility index (Phi) is 6.97. The van der Waals surface area contributed by atoms with Crippen molar-refractivity contribution >= 4 is 50.2 Å². The highest BCUT2D eigenvalue weighted by Crippen LogP contribution is 2.28. The molecule has 148 valence electrons. The number of nitrogens with zero attached hydrogens (tertiary/aromatic N) is 2. The second-order valence-electron chi connectivity index (χ2n) is 6.48. The van der Waals surface area contributed by atoms with E-state index in [4.69, 9.17) is 11.6 Å². The van der Waals surface area contributed by atoms with E-state index in [2.05, 4.69) is 0 Å². The maximum Gasteiger partial charge on any atom is 0.252 e. The van der Waals surface area contributed by atoms with E-state index in [-0.39, 0.29) is 12.3 Å². The van der Waals surface area contributed by atoms with Gasteiger partial charge in [0.1, 0.15) is 4.21 Å². The zero-order valence-electron chi connectivity index (χ0n) is 15.2. The SMILES string of the molecule is CCN(Cc1ccc(Cl)s1)C(=O)Cc1ccc(S(=O)(=O)N2CCCCC2)s1. The minimum Gasteiger partial charge on any atom is -0.338 e. The first-order chi connectivity index (χ1) is 12.9. The smallest absolute Gasteiger partial charge is 0.252 e. The molecule has 1 aliphatic rings. The lowest BCUT2D eigenvalue weighted by molar-refractivity contribution is -0.130. The summed E-state index contributed by atoms with van der Waals surface area (Å²) in [6, 6.07) is 7.15. The highest BCUT2D eigenvalue weighted by atomic mass is 35.5. The van der Waals surface area contributed by atoms with Crippen LogP contribution in [0.15, 0.2) is 28.5 Å². The molecule has 0 aromatic carbocycles. The fourth-order valence-electron chi connectivity index (χ4n) is 3.09. The fraction of sp³-hybridized carbons (Fsp3) is 0.500. The van der Waals surface area contributed by atoms with Gasteiger partial charge in [-0.2, -0.15) is 4.31 Å². The van der Waals surface area contributed by atoms with Crippen LogP contribution >= 0.6 is 34.3 Å². The van der Waals surface area contributed by atoms with Gasteiger partial charge in [0.25, 0.3) is 10.0 Å². The number of carbonyl (C=O) groups is 1. The van der Waals surface area contributed by atoms with Crippen LogP contribution < -0.4 is 0 Å². The van der Waals surface area contributed by atoms with E-state index in [1.54, 1.807) is 21.3 Å². The Hall–Kier alpha value is -0.930. The number of rotatable bonds is 7. The third-order valence-corrected chi connectivity index (χ3v) is 9.25. The Balaban J connectivity index is 1.66. The van der Waals surface area contributed by atoms with Crippen LogP contribution in [-0.2, 0) is 27.8 Å². The molecule has 3 heterocycles. The molecule has 1 saturated heterocycles. The monoisotopic (exact) mass is 446 g/mol. The predicted molar refractivity (Wildman–Crippen MR) is 111 cm³/mol. The van der Waals surface area contributed by atoms with Crippen molar-refractivity contribution in [3.63, 3.8) is 0 Å². The van der Waals surface area contributed by atoms with E-state index in [9.17, 15) is 13.2 Å². The van der Waals surface area contributed by atoms with Crippen LogP contribution in [-0.4, -0.2) is 43.2 Å². The first-order valence-corrected chi connectivity index (χ1v) is 12.5. The summed E-state index contributed by atoms with van der Waals surface area (Å²) in [5.74, 6) is -0.00853. The van der Waals surface area contributed by atoms with Crippen LogP contribution in [0.1, 0.15) is 35.9 Å². The van der Waals surface area contributed by atoms with Gasteiger partial charge >= 0.3 is 0 Å². The Bertz CT molecular complexity index is 885. The van der Waals surface area contributed by atoms with E-state index < -0.39 is 10.0 Å². The van der Waals surface area contributed by atoms with Gasteiger partial charge in [0.2, 0.25) is 5.91 Å². The number of halogens is 1. The number of likely N-dealkylation sites (N-methyl/N-ethyl adjacent to an activating group) is 1. The van der Waals surface area contributed by atoms with Gasteiger partial charge in [-0.05, 0) is 44.0 Å². The normalized spacial score (nSPS) is 15.8. The van der Waals surface area contributed by atoms with Crippen molar-refractivity contribution in [3.8, 4) is 0 Å². The number of hydrogen-bond acceptors (Lipinski definition) is 5. The van der Waals surface area contributed by atoms with E-state index in [0.29, 0.717) is 34.7 Å². The van der Waals surface area contributed by atoms with Crippen molar-refractivity contribution in [1.29, 1.82) is 0 Å². The lowest BCUT2D eigenvalue weighted by Gasteiger charge is -2.25. The van der Waals surface area contributed by atoms with Gasteiger partial charge < -0.3 is 4.90 Å². The maximum absolute atomic E-state index is 12.7. The summed E-state index contributed by atoms with van der Waals surface area (Å²) in [7, 11) is -3.43. The van der Waals surface area contributed by atoms with Gasteiger partial charge in [0.05, 0.1) is 17.3 Å². The van der Waals surface area contributed by atoms with Crippen LogP contribution in [0, 0.1) is 0 Å². The summed E-state index contributed by atoms with van der Waals surface area (Å²) >= 11 is 8.63. The van der Waals surface area contributed by atoms with Gasteiger partial charge in [-0.25, -0.2) is 8.42 Å². The van der Waals surface area contributed by atoms with Gasteiger partial charge in [-0.1, -0.05) is 18.0 Å². The zero-order valence-corrected chi connectivity index (χ0v) is 18.4. The number of hydrogen-bond donors (Lipinski definition) is 0. The second kappa shape index (κ2) is 9.05. The van der Waals surface area contributed by atoms with Crippen molar-refractivity contribution in [2.75, 3.05) is 19.6 Å². The third-order valence-electron chi connectivity index (χ3n) is 4.58. The number of sulfonamides is 1. The molecular formula is C18H23ClN2O3S3. The average Bonchev–Trinajstić information content (AvgIpc) is 3.29. The highest BCUT2D eigenvalue weighted by molar-refractivity contribution is 7.91. The first kappa shape index (κ1) is 20.8. The van der Waals surface area contributed by atoms with Crippen LogP contribution in [0.4, 0.5) is 0 Å². The predicted octanol–water partition coefficient (Wildman–Crippen LogP) is 4.23. The number of carbonyl (C=O) groups excluding carboxylic acids is 1. The fourth-order valence-corrected chi connectivity index (χ4v) is 7.21. The molecule has 2 aromatic heterocycles. The molecule has 0 aliphatic carbocycles. The molecule has 0 radical (unpaired) electrons. The number of piperidine rings is 1. The van der Waals surface area contributed by atoms with Crippen molar-refractivity contribution < 1.29 is 13.2 Å². The van der Waals surface area contributed by atoms with E-state index in [1.807, 2.05) is 19.1 Å². The zero-order chi connectivity index (χ0) is 19.4. The second-order valence-corrected chi connectivity index (χ2v) is 11.6. The molecule has 0 unspecified atom stereocenters. The molecule has 0 atom stereocenters. The summed E-state index contributed by atoms with van der Waals surface area (Å²) in [4.78, 5) is 16.2. The molecule has 27 heavy (non-hydrogen) atoms. The minimum atomic E-state index is -3.43. The van der Waals surface area contributed by atoms with Crippen LogP contribution in [0.25, 0.3) is 0 Å². The molecule has 0 spiro atoms. The standard InChI is InChI=1S/C18H23ClN2O3S3/c1-2-20(13-15-6-8-16(19)25-15)17(22)12-14-7-9-18(26-14)27(23,24)21-10-4-3-5-11-21/h6-9H,2-5,10-13H2,1H3. The number of thiophene rings is 2. The third kappa shape index (κ3) is 5.12. The quantitative estimate of drug-likeness (QED) is 0.639. The Morgan fingerprint density at radius 1 is 1.11 bits per heavy atom. The van der Waals surface area contributed by atoms with E-state index in [1.165, 1.54) is 22.7 Å². The van der Waals surface area contributed by atoms with Crippen molar-refractivity contribution in [2.24, 2.45) is 0 Å². The molecule has 1 fully saturated rings. The summed E-state index contributed by atoms with van der Waals surface area (Å²) in [6.07, 6.45) is 3.12. The lowest BCUT2D eigenvalue weighted by Crippen LogP contribution is -2.35. The minimum absolute atomic E-state index is 0.00853. The van der Waals surface area contributed by atoms with Crippen LogP contribution in [0.2, 0.25) is 4.34 Å². The summed E-state index contributed by atoms with van der Waals surface area (Å²) < 4.78 is 28.1. The van der Waals surface area contributed by atoms with E-state index >= 15 is 0 Å². The first-order valence-electron chi connectivity index (χ1n) is 9.01. The Morgan fingerprint density at radius 2 is 1.81 bits per heavy atom. The average molecular weight is 447 g/mol. The molecule has 0 bridgehead atoms. The molecule has 9 heteroatoms. The van der Waals surface area contributed by atoms with Gasteiger partial charge in [0, 0.05) is 29.4 Å². The molecule has 1 aliphatic heterocycles. The van der Waals surface area contributed by atoms with Crippen LogP contribution in [0.3, 0.4) is 0 Å². The summed E-state index contributed by atoms with van der Waals surface area (Å²) in [6.45, 7) is 4.23. The number of amides is 1. The molecule has 5 nitrogen and oxygen atoms in total. The largest absolute Gasteiger partial charge is 0.338 e. The van der Waals surface area contributed by atoms with Gasteiger partial charge in [-0.15, -0.1) is 22.7 Å². The lowest BCUT2D eigenvalue weighted by atomic mass is 10.2. The van der Waals surface area contributed by atoms with Crippen molar-refractivity contribution in [2.45, 2.75) is 43.4 Å². The molecule has 2 aromatic rings. The topological polar surface area (TPSA) is 57.7 Å². The van der Waals surface area contributed by atoms with Crippen molar-refractivity contribution in [3.05, 3.63) is 38.4 Å². The van der Waals surface area contributed by atoms with Gasteiger partial charge in [-0.3, -0.25) is 4.79 Å². The molecule has 3 rings (SSSR count). The summed E-state index contributed by atoms with van der Waals surface area (Å²) in [5.41, 5.74) is 0.